The lowest BCUT2D eigenvalue weighted by Crippen LogP contribution is -2.29. The SMILES string of the molecule is CCOC(=O)C1=C(CCc2ccc(F)cc2)Nc2c(c(=O)n3n2CCC3)C1c1ccc(C(=O)O)cc1. The average molecular weight is 492 g/mol. The van der Waals surface area contributed by atoms with Crippen LogP contribution in [0.15, 0.2) is 64.6 Å². The van der Waals surface area contributed by atoms with Gasteiger partial charge in [0.25, 0.3) is 5.56 Å². The van der Waals surface area contributed by atoms with E-state index in [1.54, 1.807) is 35.9 Å². The number of carbonyl (C=O) groups excluding carboxylic acids is 1. The van der Waals surface area contributed by atoms with Crippen molar-refractivity contribution in [3.8, 4) is 0 Å². The Morgan fingerprint density at radius 2 is 1.75 bits per heavy atom. The van der Waals surface area contributed by atoms with Gasteiger partial charge in [0.1, 0.15) is 11.6 Å². The topological polar surface area (TPSA) is 103 Å². The Labute approximate surface area is 206 Å². The van der Waals surface area contributed by atoms with Crippen molar-refractivity contribution in [1.29, 1.82) is 0 Å². The summed E-state index contributed by atoms with van der Waals surface area (Å²) in [6.45, 7) is 3.13. The molecule has 2 aliphatic heterocycles. The lowest BCUT2D eigenvalue weighted by Gasteiger charge is -2.29. The van der Waals surface area contributed by atoms with Crippen molar-refractivity contribution in [1.82, 2.24) is 9.36 Å². The van der Waals surface area contributed by atoms with Crippen LogP contribution >= 0.6 is 0 Å². The van der Waals surface area contributed by atoms with Crippen LogP contribution in [0.5, 0.6) is 0 Å². The van der Waals surface area contributed by atoms with E-state index in [1.165, 1.54) is 24.3 Å². The molecule has 1 aromatic heterocycles. The highest BCUT2D eigenvalue weighted by Crippen LogP contribution is 2.42. The second-order valence-electron chi connectivity index (χ2n) is 8.89. The normalized spacial score (nSPS) is 16.3. The third-order valence-electron chi connectivity index (χ3n) is 6.74. The molecule has 5 rings (SSSR count). The smallest absolute Gasteiger partial charge is 0.336 e. The molecule has 0 saturated heterocycles. The summed E-state index contributed by atoms with van der Waals surface area (Å²) in [6.07, 6.45) is 1.81. The number of nitrogens with zero attached hydrogens (tertiary/aromatic N) is 2. The number of hydrogen-bond acceptors (Lipinski definition) is 5. The van der Waals surface area contributed by atoms with Gasteiger partial charge >= 0.3 is 11.9 Å². The van der Waals surface area contributed by atoms with Gasteiger partial charge in [-0.3, -0.25) is 9.48 Å². The molecule has 0 fully saturated rings. The summed E-state index contributed by atoms with van der Waals surface area (Å²) >= 11 is 0. The maximum atomic E-state index is 13.5. The third kappa shape index (κ3) is 4.10. The van der Waals surface area contributed by atoms with Crippen molar-refractivity contribution in [2.45, 2.75) is 45.2 Å². The van der Waals surface area contributed by atoms with Gasteiger partial charge in [-0.2, -0.15) is 0 Å². The number of ether oxygens (including phenoxy) is 1. The van der Waals surface area contributed by atoms with E-state index in [9.17, 15) is 23.9 Å². The molecule has 0 spiro atoms. The number of anilines is 1. The van der Waals surface area contributed by atoms with Crippen LogP contribution in [0.4, 0.5) is 10.2 Å². The fourth-order valence-corrected chi connectivity index (χ4v) is 5.07. The molecule has 0 saturated carbocycles. The van der Waals surface area contributed by atoms with Gasteiger partial charge in [0, 0.05) is 18.8 Å². The maximum absolute atomic E-state index is 13.5. The first-order valence-corrected chi connectivity index (χ1v) is 12.0. The van der Waals surface area contributed by atoms with E-state index in [-0.39, 0.29) is 23.5 Å². The second kappa shape index (κ2) is 9.49. The lowest BCUT2D eigenvalue weighted by atomic mass is 9.81. The van der Waals surface area contributed by atoms with Crippen LogP contribution in [-0.4, -0.2) is 33.0 Å². The zero-order valence-corrected chi connectivity index (χ0v) is 19.8. The van der Waals surface area contributed by atoms with Gasteiger partial charge in [-0.15, -0.1) is 0 Å². The molecular weight excluding hydrogens is 465 g/mol. The molecule has 2 N–H and O–H groups in total. The summed E-state index contributed by atoms with van der Waals surface area (Å²) in [5.74, 6) is -1.99. The van der Waals surface area contributed by atoms with Crippen molar-refractivity contribution >= 4 is 17.8 Å². The number of allylic oxidation sites excluding steroid dienone is 1. The number of hydrogen-bond donors (Lipinski definition) is 2. The Balaban J connectivity index is 1.65. The summed E-state index contributed by atoms with van der Waals surface area (Å²) in [5, 5.41) is 12.7. The van der Waals surface area contributed by atoms with Gasteiger partial charge in [-0.1, -0.05) is 24.3 Å². The number of halogens is 1. The Morgan fingerprint density at radius 1 is 1.06 bits per heavy atom. The van der Waals surface area contributed by atoms with Gasteiger partial charge in [-0.25, -0.2) is 18.7 Å². The quantitative estimate of drug-likeness (QED) is 0.486. The minimum absolute atomic E-state index is 0.113. The van der Waals surface area contributed by atoms with Crippen molar-refractivity contribution in [2.75, 3.05) is 11.9 Å². The van der Waals surface area contributed by atoms with E-state index in [1.807, 2.05) is 4.68 Å². The first-order valence-electron chi connectivity index (χ1n) is 12.0. The van der Waals surface area contributed by atoms with Crippen LogP contribution in [0.25, 0.3) is 0 Å². The van der Waals surface area contributed by atoms with Gasteiger partial charge < -0.3 is 15.2 Å². The van der Waals surface area contributed by atoms with Crippen LogP contribution in [0, 0.1) is 5.82 Å². The van der Waals surface area contributed by atoms with Crippen LogP contribution in [0.3, 0.4) is 0 Å². The number of esters is 1. The molecule has 36 heavy (non-hydrogen) atoms. The summed E-state index contributed by atoms with van der Waals surface area (Å²) in [7, 11) is 0. The number of aromatic nitrogens is 2. The molecule has 0 bridgehead atoms. The van der Waals surface area contributed by atoms with Gasteiger partial charge in [0.05, 0.1) is 29.2 Å². The maximum Gasteiger partial charge on any atom is 0.336 e. The molecule has 0 aliphatic carbocycles. The standard InChI is InChI=1S/C27H26FN3O5/c1-2-36-27(35)22-20(13-6-16-4-11-19(28)12-5-16)29-24-23(25(32)31-15-3-14-30(24)31)21(22)17-7-9-18(10-8-17)26(33)34/h4-5,7-12,21,29H,2-3,6,13-15H2,1H3,(H,33,34). The Kier molecular flexibility index (Phi) is 6.22. The molecule has 1 unspecified atom stereocenters. The first-order chi connectivity index (χ1) is 17.4. The Hall–Kier alpha value is -4.14. The van der Waals surface area contributed by atoms with Crippen molar-refractivity contribution < 1.29 is 23.8 Å². The fraction of sp³-hybridized carbons (Fsp3) is 0.296. The number of benzene rings is 2. The number of carboxylic acids is 1. The van der Waals surface area contributed by atoms with Crippen LogP contribution in [-0.2, 0) is 29.0 Å². The fourth-order valence-electron chi connectivity index (χ4n) is 5.07. The molecule has 0 radical (unpaired) electrons. The molecule has 3 aromatic rings. The van der Waals surface area contributed by atoms with Crippen LogP contribution in [0.2, 0.25) is 0 Å². The second-order valence-corrected chi connectivity index (χ2v) is 8.89. The Bertz CT molecular complexity index is 1420. The molecule has 2 aromatic carbocycles. The van der Waals surface area contributed by atoms with Gasteiger partial charge in [0.15, 0.2) is 0 Å². The van der Waals surface area contributed by atoms with E-state index in [0.29, 0.717) is 54.1 Å². The molecule has 3 heterocycles. The molecular formula is C27H26FN3O5. The summed E-state index contributed by atoms with van der Waals surface area (Å²) in [5.41, 5.74) is 2.88. The van der Waals surface area contributed by atoms with Crippen molar-refractivity contribution in [3.05, 3.63) is 98.2 Å². The molecule has 9 heteroatoms. The predicted molar refractivity (Wildman–Crippen MR) is 131 cm³/mol. The largest absolute Gasteiger partial charge is 0.478 e. The third-order valence-corrected chi connectivity index (χ3v) is 6.74. The molecule has 1 atom stereocenters. The average Bonchev–Trinajstić information content (AvgIpc) is 3.46. The molecule has 0 amide bonds. The van der Waals surface area contributed by atoms with E-state index < -0.39 is 17.9 Å². The number of carbonyl (C=O) groups is 2. The summed E-state index contributed by atoms with van der Waals surface area (Å²) in [4.78, 5) is 38.3. The van der Waals surface area contributed by atoms with Crippen molar-refractivity contribution in [3.63, 3.8) is 0 Å². The molecule has 186 valence electrons. The number of rotatable bonds is 7. The van der Waals surface area contributed by atoms with Crippen LogP contribution < -0.4 is 10.9 Å². The number of aryl methyl sites for hydroxylation is 1. The molecule has 2 aliphatic rings. The minimum Gasteiger partial charge on any atom is -0.478 e. The monoisotopic (exact) mass is 491 g/mol. The number of fused-ring (bicyclic) bond motifs is 3. The van der Waals surface area contributed by atoms with Crippen LogP contribution in [0.1, 0.15) is 52.7 Å². The van der Waals surface area contributed by atoms with E-state index in [4.69, 9.17) is 4.74 Å². The predicted octanol–water partition coefficient (Wildman–Crippen LogP) is 3.90. The highest BCUT2D eigenvalue weighted by molar-refractivity contribution is 5.95. The highest BCUT2D eigenvalue weighted by atomic mass is 19.1. The number of carboxylic acid groups (broad SMARTS) is 1. The first kappa shape index (κ1) is 23.6. The highest BCUT2D eigenvalue weighted by Gasteiger charge is 2.40. The summed E-state index contributed by atoms with van der Waals surface area (Å²) < 4.78 is 22.4. The van der Waals surface area contributed by atoms with E-state index >= 15 is 0 Å². The number of aromatic carboxylic acids is 1. The zero-order valence-electron chi connectivity index (χ0n) is 19.8. The zero-order chi connectivity index (χ0) is 25.4. The Morgan fingerprint density at radius 3 is 2.42 bits per heavy atom. The van der Waals surface area contributed by atoms with Crippen molar-refractivity contribution in [2.24, 2.45) is 0 Å². The van der Waals surface area contributed by atoms with E-state index in [2.05, 4.69) is 5.32 Å². The summed E-state index contributed by atoms with van der Waals surface area (Å²) in [6, 6.07) is 12.4. The van der Waals surface area contributed by atoms with Gasteiger partial charge in [-0.05, 0) is 61.6 Å². The number of nitrogens with one attached hydrogen (secondary N) is 1. The lowest BCUT2D eigenvalue weighted by molar-refractivity contribution is -0.138. The molecule has 8 nitrogen and oxygen atoms in total. The minimum atomic E-state index is -1.06. The van der Waals surface area contributed by atoms with Gasteiger partial charge in [0.2, 0.25) is 0 Å². The van der Waals surface area contributed by atoms with E-state index in [0.717, 1.165) is 12.0 Å².